The van der Waals surface area contributed by atoms with E-state index in [2.05, 4.69) is 5.32 Å². The van der Waals surface area contributed by atoms with Crippen molar-refractivity contribution in [3.05, 3.63) is 35.8 Å². The molecule has 1 aromatic carbocycles. The zero-order valence-corrected chi connectivity index (χ0v) is 8.01. The standard InChI is InChI=1S/C11H12FNO/c1-2-13-7-8-6-9-10(12)4-3-5-11(9)14-8/h3-6,13H,2,7H2,1H3. The summed E-state index contributed by atoms with van der Waals surface area (Å²) in [5.74, 6) is 0.543. The molecule has 1 N–H and O–H groups in total. The van der Waals surface area contributed by atoms with Crippen LogP contribution in [-0.2, 0) is 6.54 Å². The van der Waals surface area contributed by atoms with Crippen LogP contribution in [0.25, 0.3) is 11.0 Å². The van der Waals surface area contributed by atoms with Crippen molar-refractivity contribution in [3.8, 4) is 0 Å². The lowest BCUT2D eigenvalue weighted by Crippen LogP contribution is -2.10. The van der Waals surface area contributed by atoms with Gasteiger partial charge in [-0.15, -0.1) is 0 Å². The highest BCUT2D eigenvalue weighted by Crippen LogP contribution is 2.21. The Hall–Kier alpha value is -1.35. The van der Waals surface area contributed by atoms with Crippen molar-refractivity contribution in [2.45, 2.75) is 13.5 Å². The molecule has 0 aliphatic rings. The number of furan rings is 1. The zero-order valence-electron chi connectivity index (χ0n) is 8.01. The van der Waals surface area contributed by atoms with Gasteiger partial charge in [-0.05, 0) is 24.7 Å². The molecule has 2 rings (SSSR count). The van der Waals surface area contributed by atoms with Gasteiger partial charge in [0.2, 0.25) is 0 Å². The van der Waals surface area contributed by atoms with E-state index < -0.39 is 0 Å². The molecule has 74 valence electrons. The molecule has 0 aliphatic heterocycles. The number of rotatable bonds is 3. The number of hydrogen-bond donors (Lipinski definition) is 1. The molecule has 0 saturated heterocycles. The first-order chi connectivity index (χ1) is 6.81. The molecule has 0 amide bonds. The lowest BCUT2D eigenvalue weighted by atomic mass is 10.2. The van der Waals surface area contributed by atoms with Gasteiger partial charge in [-0.3, -0.25) is 0 Å². The molecule has 1 heterocycles. The van der Waals surface area contributed by atoms with Crippen LogP contribution in [0.4, 0.5) is 4.39 Å². The molecule has 0 bridgehead atoms. The highest BCUT2D eigenvalue weighted by atomic mass is 19.1. The van der Waals surface area contributed by atoms with E-state index in [1.807, 2.05) is 6.92 Å². The smallest absolute Gasteiger partial charge is 0.137 e. The van der Waals surface area contributed by atoms with E-state index in [1.165, 1.54) is 6.07 Å². The van der Waals surface area contributed by atoms with Crippen LogP contribution in [0, 0.1) is 5.82 Å². The van der Waals surface area contributed by atoms with Gasteiger partial charge in [-0.1, -0.05) is 13.0 Å². The molecule has 14 heavy (non-hydrogen) atoms. The number of benzene rings is 1. The summed E-state index contributed by atoms with van der Waals surface area (Å²) in [6.07, 6.45) is 0. The SMILES string of the molecule is CCNCc1cc2c(F)cccc2o1. The van der Waals surface area contributed by atoms with Gasteiger partial charge in [0.15, 0.2) is 0 Å². The third-order valence-electron chi connectivity index (χ3n) is 2.11. The van der Waals surface area contributed by atoms with E-state index in [4.69, 9.17) is 4.42 Å². The van der Waals surface area contributed by atoms with Crippen LogP contribution >= 0.6 is 0 Å². The van der Waals surface area contributed by atoms with E-state index in [9.17, 15) is 4.39 Å². The molecule has 0 unspecified atom stereocenters. The first-order valence-electron chi connectivity index (χ1n) is 4.69. The second-order valence-electron chi connectivity index (χ2n) is 3.14. The summed E-state index contributed by atoms with van der Waals surface area (Å²) in [6.45, 7) is 3.54. The predicted octanol–water partition coefficient (Wildman–Crippen LogP) is 2.68. The van der Waals surface area contributed by atoms with Gasteiger partial charge in [-0.2, -0.15) is 0 Å². The summed E-state index contributed by atoms with van der Waals surface area (Å²) in [5.41, 5.74) is 0.609. The molecule has 3 heteroatoms. The second-order valence-corrected chi connectivity index (χ2v) is 3.14. The topological polar surface area (TPSA) is 25.2 Å². The quantitative estimate of drug-likeness (QED) is 0.810. The van der Waals surface area contributed by atoms with Crippen molar-refractivity contribution in [2.24, 2.45) is 0 Å². The van der Waals surface area contributed by atoms with Crippen LogP contribution in [0.1, 0.15) is 12.7 Å². The minimum Gasteiger partial charge on any atom is -0.460 e. The zero-order chi connectivity index (χ0) is 9.97. The Kier molecular flexibility index (Phi) is 2.50. The Bertz CT molecular complexity index is 436. The first-order valence-corrected chi connectivity index (χ1v) is 4.69. The highest BCUT2D eigenvalue weighted by molar-refractivity contribution is 5.78. The van der Waals surface area contributed by atoms with Crippen LogP contribution in [0.15, 0.2) is 28.7 Å². The maximum atomic E-state index is 13.2. The van der Waals surface area contributed by atoms with Crippen LogP contribution < -0.4 is 5.32 Å². The van der Waals surface area contributed by atoms with Gasteiger partial charge < -0.3 is 9.73 Å². The molecule has 1 aromatic heterocycles. The molecule has 0 radical (unpaired) electrons. The van der Waals surface area contributed by atoms with Crippen LogP contribution in [-0.4, -0.2) is 6.54 Å². The van der Waals surface area contributed by atoms with E-state index in [1.54, 1.807) is 18.2 Å². The normalized spacial score (nSPS) is 11.0. The van der Waals surface area contributed by atoms with Crippen LogP contribution in [0.2, 0.25) is 0 Å². The van der Waals surface area contributed by atoms with Gasteiger partial charge in [0.05, 0.1) is 11.9 Å². The fraction of sp³-hybridized carbons (Fsp3) is 0.273. The van der Waals surface area contributed by atoms with Crippen LogP contribution in [0.3, 0.4) is 0 Å². The number of fused-ring (bicyclic) bond motifs is 1. The van der Waals surface area contributed by atoms with E-state index >= 15 is 0 Å². The molecule has 0 saturated carbocycles. The molecular formula is C11H12FNO. The predicted molar refractivity (Wildman–Crippen MR) is 53.6 cm³/mol. The molecule has 0 spiro atoms. The van der Waals surface area contributed by atoms with Crippen molar-refractivity contribution in [1.82, 2.24) is 5.32 Å². The lowest BCUT2D eigenvalue weighted by molar-refractivity contribution is 0.519. The molecular weight excluding hydrogens is 181 g/mol. The van der Waals surface area contributed by atoms with E-state index in [0.717, 1.165) is 12.3 Å². The largest absolute Gasteiger partial charge is 0.460 e. The summed E-state index contributed by atoms with van der Waals surface area (Å²) in [7, 11) is 0. The van der Waals surface area contributed by atoms with Crippen molar-refractivity contribution in [1.29, 1.82) is 0 Å². The van der Waals surface area contributed by atoms with Gasteiger partial charge in [0.1, 0.15) is 17.2 Å². The monoisotopic (exact) mass is 193 g/mol. The Morgan fingerprint density at radius 2 is 2.29 bits per heavy atom. The van der Waals surface area contributed by atoms with Gasteiger partial charge in [0.25, 0.3) is 0 Å². The first kappa shape index (κ1) is 9.21. The van der Waals surface area contributed by atoms with Gasteiger partial charge in [-0.25, -0.2) is 4.39 Å². The number of halogens is 1. The summed E-state index contributed by atoms with van der Waals surface area (Å²) >= 11 is 0. The lowest BCUT2D eigenvalue weighted by Gasteiger charge is -1.94. The summed E-state index contributed by atoms with van der Waals surface area (Å²) in [5, 5.41) is 3.68. The Morgan fingerprint density at radius 3 is 3.00 bits per heavy atom. The summed E-state index contributed by atoms with van der Waals surface area (Å²) < 4.78 is 18.7. The Balaban J connectivity index is 2.36. The van der Waals surface area contributed by atoms with E-state index in [-0.39, 0.29) is 5.82 Å². The summed E-state index contributed by atoms with van der Waals surface area (Å²) in [6, 6.07) is 6.61. The van der Waals surface area contributed by atoms with Gasteiger partial charge >= 0.3 is 0 Å². The Morgan fingerprint density at radius 1 is 1.43 bits per heavy atom. The third-order valence-corrected chi connectivity index (χ3v) is 2.11. The second kappa shape index (κ2) is 3.80. The highest BCUT2D eigenvalue weighted by Gasteiger charge is 2.06. The van der Waals surface area contributed by atoms with Crippen LogP contribution in [0.5, 0.6) is 0 Å². The molecule has 2 aromatic rings. The minimum atomic E-state index is -0.228. The fourth-order valence-corrected chi connectivity index (χ4v) is 1.41. The van der Waals surface area contributed by atoms with Crippen molar-refractivity contribution < 1.29 is 8.81 Å². The minimum absolute atomic E-state index is 0.228. The molecule has 0 fully saturated rings. The molecule has 2 nitrogen and oxygen atoms in total. The number of hydrogen-bond acceptors (Lipinski definition) is 2. The molecule has 0 atom stereocenters. The van der Waals surface area contributed by atoms with E-state index in [0.29, 0.717) is 17.5 Å². The third kappa shape index (κ3) is 1.63. The maximum absolute atomic E-state index is 13.2. The average Bonchev–Trinajstić information content (AvgIpc) is 2.59. The Labute approximate surface area is 81.7 Å². The fourth-order valence-electron chi connectivity index (χ4n) is 1.41. The molecule has 0 aliphatic carbocycles. The average molecular weight is 193 g/mol. The van der Waals surface area contributed by atoms with Crippen molar-refractivity contribution >= 4 is 11.0 Å². The van der Waals surface area contributed by atoms with Gasteiger partial charge in [0, 0.05) is 0 Å². The van der Waals surface area contributed by atoms with Crippen molar-refractivity contribution in [2.75, 3.05) is 6.54 Å². The number of nitrogens with one attached hydrogen (secondary N) is 1. The summed E-state index contributed by atoms with van der Waals surface area (Å²) in [4.78, 5) is 0. The van der Waals surface area contributed by atoms with Crippen molar-refractivity contribution in [3.63, 3.8) is 0 Å². The maximum Gasteiger partial charge on any atom is 0.137 e.